The molecule has 1 unspecified atom stereocenters. The predicted octanol–water partition coefficient (Wildman–Crippen LogP) is 5.33. The number of pyridine rings is 1. The second-order valence-corrected chi connectivity index (χ2v) is 10.2. The minimum Gasteiger partial charge on any atom is -0.480 e. The molecule has 0 saturated carbocycles. The number of hydrogen-bond donors (Lipinski definition) is 3. The number of carboxylic acid groups (broad SMARTS) is 1. The second-order valence-electron chi connectivity index (χ2n) is 9.81. The van der Waals surface area contributed by atoms with Crippen molar-refractivity contribution in [2.24, 2.45) is 0 Å². The summed E-state index contributed by atoms with van der Waals surface area (Å²) in [5.41, 5.74) is 3.39. The number of nitrogens with zero attached hydrogens (tertiary/aromatic N) is 2. The van der Waals surface area contributed by atoms with E-state index in [-0.39, 0.29) is 17.0 Å². The van der Waals surface area contributed by atoms with Crippen molar-refractivity contribution < 1.29 is 19.1 Å². The average molecular weight is 553 g/mol. The molecule has 9 heteroatoms. The third kappa shape index (κ3) is 8.25. The van der Waals surface area contributed by atoms with E-state index in [1.807, 2.05) is 30.3 Å². The zero-order valence-electron chi connectivity index (χ0n) is 21.8. The predicted molar refractivity (Wildman–Crippen MR) is 151 cm³/mol. The van der Waals surface area contributed by atoms with Crippen LogP contribution >= 0.6 is 11.6 Å². The molecule has 39 heavy (non-hydrogen) atoms. The van der Waals surface area contributed by atoms with Crippen molar-refractivity contribution in [1.29, 1.82) is 0 Å². The summed E-state index contributed by atoms with van der Waals surface area (Å²) >= 11 is 5.92. The van der Waals surface area contributed by atoms with Gasteiger partial charge in [-0.2, -0.15) is 0 Å². The van der Waals surface area contributed by atoms with Gasteiger partial charge in [0.1, 0.15) is 17.7 Å². The zero-order valence-corrected chi connectivity index (χ0v) is 22.6. The number of rotatable bonds is 13. The van der Waals surface area contributed by atoms with Crippen LogP contribution in [0.5, 0.6) is 0 Å². The fraction of sp³-hybridized carbons (Fsp3) is 0.367. The summed E-state index contributed by atoms with van der Waals surface area (Å²) in [4.78, 5) is 31.6. The Morgan fingerprint density at radius 2 is 1.90 bits per heavy atom. The Kier molecular flexibility index (Phi) is 10.3. The number of carboxylic acids is 1. The maximum absolute atomic E-state index is 13.8. The number of fused-ring (bicyclic) bond motifs is 1. The first-order chi connectivity index (χ1) is 18.9. The molecule has 206 valence electrons. The van der Waals surface area contributed by atoms with Crippen molar-refractivity contribution in [3.05, 3.63) is 93.9 Å². The third-order valence-electron chi connectivity index (χ3n) is 6.89. The lowest BCUT2D eigenvalue weighted by atomic mass is 10.1. The number of unbranched alkanes of at least 4 members (excludes halogenated alkanes) is 1. The standard InChI is InChI=1S/C30H34ClFN4O3/c31-27-24(12-6-13-25(27)32)29(37)35-26(30(38)39)16-19-36(20-21-8-2-1-3-9-21)18-5-4-11-23-15-14-22-10-7-17-33-28(22)34-23/h1-3,6,8-9,12-15,26H,4-5,7,10-11,16-20H2,(H,33,34)(H,35,37)(H,38,39). The highest BCUT2D eigenvalue weighted by molar-refractivity contribution is 6.34. The number of carbonyl (C=O) groups is 2. The summed E-state index contributed by atoms with van der Waals surface area (Å²) in [5, 5.41) is 15.3. The molecule has 2 aromatic carbocycles. The number of benzene rings is 2. The van der Waals surface area contributed by atoms with Crippen molar-refractivity contribution in [2.75, 3.05) is 25.0 Å². The fourth-order valence-electron chi connectivity index (χ4n) is 4.75. The number of halogens is 2. The lowest BCUT2D eigenvalue weighted by molar-refractivity contribution is -0.139. The van der Waals surface area contributed by atoms with Gasteiger partial charge in [0.15, 0.2) is 0 Å². The van der Waals surface area contributed by atoms with E-state index in [4.69, 9.17) is 16.6 Å². The molecule has 0 saturated heterocycles. The molecule has 1 atom stereocenters. The normalized spacial score (nSPS) is 13.4. The molecule has 0 bridgehead atoms. The van der Waals surface area contributed by atoms with E-state index >= 15 is 0 Å². The minimum atomic E-state index is -1.15. The van der Waals surface area contributed by atoms with Crippen molar-refractivity contribution >= 4 is 29.3 Å². The second kappa shape index (κ2) is 14.1. The molecule has 1 amide bonds. The molecule has 7 nitrogen and oxygen atoms in total. The molecule has 0 radical (unpaired) electrons. The van der Waals surface area contributed by atoms with Gasteiger partial charge in [-0.15, -0.1) is 0 Å². The van der Waals surface area contributed by atoms with Crippen LogP contribution in [0.15, 0.2) is 60.7 Å². The molecule has 1 aliphatic heterocycles. The number of carbonyl (C=O) groups excluding carboxylic acids is 1. The lowest BCUT2D eigenvalue weighted by Gasteiger charge is -2.25. The number of aryl methyl sites for hydroxylation is 2. The molecule has 1 aromatic heterocycles. The number of nitrogens with one attached hydrogen (secondary N) is 2. The Labute approximate surface area is 233 Å². The fourth-order valence-corrected chi connectivity index (χ4v) is 4.96. The Balaban J connectivity index is 1.34. The molecule has 3 N–H and O–H groups in total. The number of amides is 1. The van der Waals surface area contributed by atoms with Gasteiger partial charge in [0.25, 0.3) is 5.91 Å². The van der Waals surface area contributed by atoms with Crippen LogP contribution < -0.4 is 10.6 Å². The van der Waals surface area contributed by atoms with Crippen molar-refractivity contribution in [3.63, 3.8) is 0 Å². The molecule has 3 aromatic rings. The molecule has 4 rings (SSSR count). The summed E-state index contributed by atoms with van der Waals surface area (Å²) < 4.78 is 13.8. The summed E-state index contributed by atoms with van der Waals surface area (Å²) in [6.07, 6.45) is 5.14. The van der Waals surface area contributed by atoms with Crippen LogP contribution in [0.25, 0.3) is 0 Å². The highest BCUT2D eigenvalue weighted by atomic mass is 35.5. The van der Waals surface area contributed by atoms with E-state index < -0.39 is 23.7 Å². The third-order valence-corrected chi connectivity index (χ3v) is 7.28. The lowest BCUT2D eigenvalue weighted by Crippen LogP contribution is -2.43. The molecule has 1 aliphatic rings. The molecular weight excluding hydrogens is 519 g/mol. The van der Waals surface area contributed by atoms with E-state index in [1.165, 1.54) is 17.7 Å². The van der Waals surface area contributed by atoms with Crippen LogP contribution in [0, 0.1) is 5.82 Å². The van der Waals surface area contributed by atoms with Crippen LogP contribution in [0.1, 0.15) is 52.9 Å². The van der Waals surface area contributed by atoms with E-state index in [9.17, 15) is 19.1 Å². The van der Waals surface area contributed by atoms with Crippen molar-refractivity contribution in [1.82, 2.24) is 15.2 Å². The molecule has 0 aliphatic carbocycles. The van der Waals surface area contributed by atoms with Crippen LogP contribution in [-0.4, -0.2) is 52.5 Å². The summed E-state index contributed by atoms with van der Waals surface area (Å²) in [6, 6.07) is 17.0. The Morgan fingerprint density at radius 1 is 1.08 bits per heavy atom. The topological polar surface area (TPSA) is 94.6 Å². The van der Waals surface area contributed by atoms with Gasteiger partial charge in [-0.3, -0.25) is 9.69 Å². The smallest absolute Gasteiger partial charge is 0.326 e. The zero-order chi connectivity index (χ0) is 27.6. The van der Waals surface area contributed by atoms with Gasteiger partial charge in [0.05, 0.1) is 10.6 Å². The first kappa shape index (κ1) is 28.5. The number of anilines is 1. The van der Waals surface area contributed by atoms with Gasteiger partial charge >= 0.3 is 5.97 Å². The Hall–Kier alpha value is -3.49. The van der Waals surface area contributed by atoms with Crippen LogP contribution in [0.4, 0.5) is 10.2 Å². The van der Waals surface area contributed by atoms with Gasteiger partial charge in [-0.1, -0.05) is 54.1 Å². The van der Waals surface area contributed by atoms with Gasteiger partial charge < -0.3 is 15.7 Å². The van der Waals surface area contributed by atoms with E-state index in [0.29, 0.717) is 13.1 Å². The van der Waals surface area contributed by atoms with Crippen molar-refractivity contribution in [3.8, 4) is 0 Å². The maximum atomic E-state index is 13.8. The monoisotopic (exact) mass is 552 g/mol. The largest absolute Gasteiger partial charge is 0.480 e. The Morgan fingerprint density at radius 3 is 2.69 bits per heavy atom. The van der Waals surface area contributed by atoms with Crippen LogP contribution in [0.3, 0.4) is 0 Å². The molecule has 2 heterocycles. The minimum absolute atomic E-state index is 0.0879. The van der Waals surface area contributed by atoms with E-state index in [0.717, 1.165) is 68.3 Å². The Bertz CT molecular complexity index is 1270. The van der Waals surface area contributed by atoms with E-state index in [1.54, 1.807) is 0 Å². The average Bonchev–Trinajstić information content (AvgIpc) is 2.94. The number of aliphatic carboxylic acids is 1. The summed E-state index contributed by atoms with van der Waals surface area (Å²) in [5.74, 6) is -1.59. The highest BCUT2D eigenvalue weighted by Gasteiger charge is 2.23. The quantitative estimate of drug-likeness (QED) is 0.248. The molecule has 0 spiro atoms. The SMILES string of the molecule is O=C(NC(CCN(CCCCc1ccc2c(n1)NCCC2)Cc1ccccc1)C(=O)O)c1cccc(F)c1Cl. The van der Waals surface area contributed by atoms with Crippen LogP contribution in [-0.2, 0) is 24.2 Å². The van der Waals surface area contributed by atoms with Gasteiger partial charge in [0, 0.05) is 25.3 Å². The summed E-state index contributed by atoms with van der Waals surface area (Å²) in [7, 11) is 0. The van der Waals surface area contributed by atoms with Gasteiger partial charge in [-0.25, -0.2) is 14.2 Å². The number of hydrogen-bond acceptors (Lipinski definition) is 5. The van der Waals surface area contributed by atoms with Gasteiger partial charge in [-0.05, 0) is 74.4 Å². The molecule has 0 fully saturated rings. The van der Waals surface area contributed by atoms with Gasteiger partial charge in [0.2, 0.25) is 0 Å². The first-order valence-corrected chi connectivity index (χ1v) is 13.7. The van der Waals surface area contributed by atoms with Crippen molar-refractivity contribution in [2.45, 2.75) is 51.1 Å². The highest BCUT2D eigenvalue weighted by Crippen LogP contribution is 2.21. The number of aromatic nitrogens is 1. The maximum Gasteiger partial charge on any atom is 0.326 e. The van der Waals surface area contributed by atoms with E-state index in [2.05, 4.69) is 27.7 Å². The van der Waals surface area contributed by atoms with Crippen LogP contribution in [0.2, 0.25) is 5.02 Å². The summed E-state index contributed by atoms with van der Waals surface area (Å²) in [6.45, 7) is 2.86. The first-order valence-electron chi connectivity index (χ1n) is 13.4. The molecular formula is C30H34ClFN4O3.